The highest BCUT2D eigenvalue weighted by Gasteiger charge is 2.47. The summed E-state index contributed by atoms with van der Waals surface area (Å²) in [4.78, 5) is 10.8. The molecular formula is C35H27O4P. The molecule has 0 bridgehead atoms. The Kier molecular flexibility index (Phi) is 7.91. The summed E-state index contributed by atoms with van der Waals surface area (Å²) in [5, 5.41) is 35.9. The Hall–Kier alpha value is -4.92. The van der Waals surface area contributed by atoms with Crippen LogP contribution in [0.25, 0.3) is 10.8 Å². The van der Waals surface area contributed by atoms with Gasteiger partial charge in [-0.05, 0) is 65.4 Å². The number of aromatic carboxylic acids is 1. The van der Waals surface area contributed by atoms with E-state index >= 15 is 0 Å². The van der Waals surface area contributed by atoms with E-state index in [9.17, 15) is 20.1 Å². The third-order valence-corrected chi connectivity index (χ3v) is 11.1. The average molecular weight is 543 g/mol. The molecular weight excluding hydrogens is 515 g/mol. The number of carboxylic acid groups (broad SMARTS) is 1. The first kappa shape index (κ1) is 26.7. The Labute approximate surface area is 233 Å². The standard InChI is InChI=1S/C24H20P.C11H8O4/c1-5-13-21(14-6-1)25(22-15-7-2-8-16-22,23-17-9-3-10-18-23)24-19-11-4-12-20-24;12-8-5-6-3-1-2-4-7(6)9(10(8)13)11(14)15/h1-20H;1-5,12-13H,(H,14,15)/q+1;/p-1. The molecule has 4 nitrogen and oxygen atoms in total. The van der Waals surface area contributed by atoms with Crippen LogP contribution in [0.15, 0.2) is 152 Å². The van der Waals surface area contributed by atoms with Gasteiger partial charge in [0.05, 0.1) is 11.5 Å². The molecule has 0 spiro atoms. The highest BCUT2D eigenvalue weighted by Crippen LogP contribution is 2.54. The predicted molar refractivity (Wildman–Crippen MR) is 163 cm³/mol. The molecule has 0 aliphatic heterocycles. The molecule has 0 saturated carbocycles. The number of hydrogen-bond donors (Lipinski definition) is 2. The van der Waals surface area contributed by atoms with E-state index in [2.05, 4.69) is 121 Å². The maximum Gasteiger partial charge on any atom is 0.167 e. The molecule has 0 aromatic heterocycles. The number of benzene rings is 6. The Bertz CT molecular complexity index is 1560. The third kappa shape index (κ3) is 5.05. The van der Waals surface area contributed by atoms with Crippen LogP contribution in [-0.4, -0.2) is 16.2 Å². The highest BCUT2D eigenvalue weighted by atomic mass is 31.2. The number of fused-ring (bicyclic) bond motifs is 1. The van der Waals surface area contributed by atoms with Crippen LogP contribution in [-0.2, 0) is 0 Å². The lowest BCUT2D eigenvalue weighted by Gasteiger charge is -2.27. The van der Waals surface area contributed by atoms with E-state index in [4.69, 9.17) is 0 Å². The van der Waals surface area contributed by atoms with Gasteiger partial charge in [-0.2, -0.15) is 0 Å². The summed E-state index contributed by atoms with van der Waals surface area (Å²) in [6, 6.07) is 51.7. The lowest BCUT2D eigenvalue weighted by molar-refractivity contribution is -0.254. The van der Waals surface area contributed by atoms with Gasteiger partial charge < -0.3 is 20.1 Å². The van der Waals surface area contributed by atoms with E-state index in [1.165, 1.54) is 27.3 Å². The molecule has 0 aliphatic rings. The summed E-state index contributed by atoms with van der Waals surface area (Å²) in [6.07, 6.45) is 0. The Morgan fingerprint density at radius 2 is 0.875 bits per heavy atom. The van der Waals surface area contributed by atoms with Crippen molar-refractivity contribution < 1.29 is 20.1 Å². The summed E-state index contributed by atoms with van der Waals surface area (Å²) in [5.74, 6) is -2.64. The van der Waals surface area contributed by atoms with Crippen molar-refractivity contribution in [1.29, 1.82) is 0 Å². The molecule has 0 radical (unpaired) electrons. The van der Waals surface area contributed by atoms with Crippen molar-refractivity contribution in [2.75, 3.05) is 0 Å². The lowest BCUT2D eigenvalue weighted by atomic mass is 10.0. The SMILES string of the molecule is O=C([O-])c1c(O)c(O)cc2ccccc12.c1ccc([P+](c2ccccc2)(c2ccccc2)c2ccccc2)cc1. The first-order valence-corrected chi connectivity index (χ1v) is 14.6. The number of carboxylic acids is 1. The number of carbonyl (C=O) groups excluding carboxylic acids is 1. The van der Waals surface area contributed by atoms with Gasteiger partial charge in [0.1, 0.15) is 28.5 Å². The maximum absolute atomic E-state index is 10.8. The predicted octanol–water partition coefficient (Wildman–Crippen LogP) is 4.92. The molecule has 0 aliphatic carbocycles. The van der Waals surface area contributed by atoms with Crippen LogP contribution in [0, 0.1) is 0 Å². The molecule has 0 amide bonds. The summed E-state index contributed by atoms with van der Waals surface area (Å²) in [7, 11) is -1.91. The fourth-order valence-corrected chi connectivity index (χ4v) is 9.30. The summed E-state index contributed by atoms with van der Waals surface area (Å²) in [5.41, 5.74) is -0.384. The molecule has 6 aromatic rings. The van der Waals surface area contributed by atoms with E-state index in [-0.39, 0.29) is 5.56 Å². The first-order chi connectivity index (χ1) is 19.5. The Morgan fingerprint density at radius 1 is 0.525 bits per heavy atom. The fourth-order valence-electron chi connectivity index (χ4n) is 5.03. The molecule has 5 heteroatoms. The molecule has 6 rings (SSSR count). The molecule has 0 heterocycles. The van der Waals surface area contributed by atoms with Gasteiger partial charge in [0.2, 0.25) is 0 Å². The van der Waals surface area contributed by atoms with Crippen molar-refractivity contribution >= 4 is 45.2 Å². The third-order valence-electron chi connectivity index (χ3n) is 6.78. The number of aromatic hydroxyl groups is 2. The van der Waals surface area contributed by atoms with Gasteiger partial charge in [0.15, 0.2) is 11.5 Å². The Balaban J connectivity index is 0.000000184. The van der Waals surface area contributed by atoms with Crippen LogP contribution in [0.1, 0.15) is 10.4 Å². The topological polar surface area (TPSA) is 80.6 Å². The average Bonchev–Trinajstić information content (AvgIpc) is 3.01. The molecule has 0 atom stereocenters. The second-order valence-electron chi connectivity index (χ2n) is 9.14. The molecule has 2 N–H and O–H groups in total. The van der Waals surface area contributed by atoms with Gasteiger partial charge >= 0.3 is 0 Å². The van der Waals surface area contributed by atoms with Crippen LogP contribution in [0.3, 0.4) is 0 Å². The minimum atomic E-state index is -1.91. The molecule has 40 heavy (non-hydrogen) atoms. The zero-order valence-electron chi connectivity index (χ0n) is 21.6. The van der Waals surface area contributed by atoms with Crippen molar-refractivity contribution in [2.45, 2.75) is 0 Å². The highest BCUT2D eigenvalue weighted by molar-refractivity contribution is 8.01. The van der Waals surface area contributed by atoms with Crippen LogP contribution in [0.5, 0.6) is 11.5 Å². The quantitative estimate of drug-likeness (QED) is 0.239. The van der Waals surface area contributed by atoms with Crippen molar-refractivity contribution in [3.8, 4) is 11.5 Å². The van der Waals surface area contributed by atoms with E-state index in [1.54, 1.807) is 24.3 Å². The normalized spacial score (nSPS) is 10.9. The van der Waals surface area contributed by atoms with E-state index in [0.29, 0.717) is 10.8 Å². The number of phenols is 2. The van der Waals surface area contributed by atoms with Crippen molar-refractivity contribution in [3.05, 3.63) is 157 Å². The van der Waals surface area contributed by atoms with Crippen LogP contribution in [0.2, 0.25) is 0 Å². The Morgan fingerprint density at radius 3 is 1.25 bits per heavy atom. The minimum absolute atomic E-state index is 0.341. The largest absolute Gasteiger partial charge is 0.545 e. The summed E-state index contributed by atoms with van der Waals surface area (Å²) < 4.78 is 0. The zero-order valence-corrected chi connectivity index (χ0v) is 22.5. The second-order valence-corrected chi connectivity index (χ2v) is 12.5. The van der Waals surface area contributed by atoms with Gasteiger partial charge in [-0.1, -0.05) is 97.1 Å². The monoisotopic (exact) mass is 542 g/mol. The second kappa shape index (κ2) is 11.9. The first-order valence-electron chi connectivity index (χ1n) is 12.8. The fraction of sp³-hybridized carbons (Fsp3) is 0. The van der Waals surface area contributed by atoms with E-state index < -0.39 is 24.7 Å². The number of phenolic OH excluding ortho intramolecular Hbond substituents is 1. The van der Waals surface area contributed by atoms with E-state index in [1.807, 2.05) is 0 Å². The van der Waals surface area contributed by atoms with Crippen molar-refractivity contribution in [1.82, 2.24) is 0 Å². The molecule has 6 aromatic carbocycles. The van der Waals surface area contributed by atoms with E-state index in [0.717, 1.165) is 0 Å². The molecule has 0 saturated heterocycles. The van der Waals surface area contributed by atoms with Gasteiger partial charge in [-0.3, -0.25) is 0 Å². The van der Waals surface area contributed by atoms with Gasteiger partial charge in [-0.15, -0.1) is 0 Å². The summed E-state index contributed by atoms with van der Waals surface area (Å²) in [6.45, 7) is 0. The van der Waals surface area contributed by atoms with Gasteiger partial charge in [-0.25, -0.2) is 0 Å². The zero-order chi connectivity index (χ0) is 28.0. The molecule has 0 fully saturated rings. The van der Waals surface area contributed by atoms with Crippen LogP contribution in [0.4, 0.5) is 0 Å². The number of carbonyl (C=O) groups is 1. The lowest BCUT2D eigenvalue weighted by Crippen LogP contribution is -2.38. The van der Waals surface area contributed by atoms with Crippen molar-refractivity contribution in [2.24, 2.45) is 0 Å². The number of rotatable bonds is 5. The summed E-state index contributed by atoms with van der Waals surface area (Å²) >= 11 is 0. The van der Waals surface area contributed by atoms with Crippen LogP contribution >= 0.6 is 7.26 Å². The van der Waals surface area contributed by atoms with Gasteiger partial charge in [0.25, 0.3) is 0 Å². The van der Waals surface area contributed by atoms with Crippen LogP contribution < -0.4 is 26.3 Å². The molecule has 196 valence electrons. The number of hydrogen-bond acceptors (Lipinski definition) is 4. The maximum atomic E-state index is 10.8. The molecule has 0 unspecified atom stereocenters. The van der Waals surface area contributed by atoms with Crippen molar-refractivity contribution in [3.63, 3.8) is 0 Å². The minimum Gasteiger partial charge on any atom is -0.545 e. The smallest absolute Gasteiger partial charge is 0.167 e. The van der Waals surface area contributed by atoms with Gasteiger partial charge in [0, 0.05) is 0 Å².